The first-order valence-corrected chi connectivity index (χ1v) is 0.561. The molecule has 0 fully saturated rings. The summed E-state index contributed by atoms with van der Waals surface area (Å²) in [6.07, 6.45) is 0. The van der Waals surface area contributed by atoms with Crippen molar-refractivity contribution in [3.8, 4) is 0 Å². The summed E-state index contributed by atoms with van der Waals surface area (Å²) in [6, 6.07) is 0. The summed E-state index contributed by atoms with van der Waals surface area (Å²) in [5.41, 5.74) is 0. The standard InChI is InChI=1S/2Co.2Mn.4O/q;3*+2;;3*-2. The molecule has 0 bridgehead atoms. The van der Waals surface area contributed by atoms with E-state index < -0.39 is 0 Å². The fourth-order valence-electron chi connectivity index (χ4n) is 0. The van der Waals surface area contributed by atoms with Crippen LogP contribution >= 0.6 is 0 Å². The maximum absolute atomic E-state index is 7.94. The van der Waals surface area contributed by atoms with Crippen LogP contribution in [0.3, 0.4) is 0 Å². The minimum atomic E-state index is 0. The molecule has 3 radical (unpaired) electrons. The fraction of sp³-hybridized carbons (Fsp3) is 0. The van der Waals surface area contributed by atoms with Gasteiger partial charge in [0, 0.05) is 0 Å². The molecular formula is Co2Mn2O4. The van der Waals surface area contributed by atoms with Crippen molar-refractivity contribution in [2.45, 2.75) is 0 Å². The topological polar surface area (TPSA) is 103 Å². The van der Waals surface area contributed by atoms with Crippen molar-refractivity contribution in [3.05, 3.63) is 0 Å². The molecule has 0 aliphatic rings. The van der Waals surface area contributed by atoms with Crippen LogP contribution < -0.4 is 0 Å². The van der Waals surface area contributed by atoms with Gasteiger partial charge in [-0.05, 0) is 0 Å². The Morgan fingerprint density at radius 1 is 0.750 bits per heavy atom. The van der Waals surface area contributed by atoms with E-state index in [9.17, 15) is 0 Å². The van der Waals surface area contributed by atoms with Crippen molar-refractivity contribution in [2.24, 2.45) is 0 Å². The van der Waals surface area contributed by atoms with Crippen LogP contribution in [0, 0.1) is 0 Å². The monoisotopic (exact) mass is 292 g/mol. The van der Waals surface area contributed by atoms with Crippen LogP contribution in [0.2, 0.25) is 0 Å². The van der Waals surface area contributed by atoms with Crippen molar-refractivity contribution < 1.29 is 86.9 Å². The van der Waals surface area contributed by atoms with E-state index in [1.54, 1.807) is 0 Å². The Labute approximate surface area is 86.4 Å². The average Bonchev–Trinajstić information content (AvgIpc) is 1.00. The summed E-state index contributed by atoms with van der Waals surface area (Å²) in [5.74, 6) is 0. The molecule has 0 saturated heterocycles. The molecule has 56 valence electrons. The average molecular weight is 292 g/mol. The Morgan fingerprint density at radius 2 is 0.750 bits per heavy atom. The van der Waals surface area contributed by atoms with Gasteiger partial charge in [0.05, 0.1) is 0 Å². The van der Waals surface area contributed by atoms with Crippen LogP contribution in [-0.2, 0) is 86.9 Å². The van der Waals surface area contributed by atoms with Crippen LogP contribution in [0.25, 0.3) is 0 Å². The zero-order valence-corrected chi connectivity index (χ0v) is 7.50. The third-order valence-electron chi connectivity index (χ3n) is 0. The van der Waals surface area contributed by atoms with Gasteiger partial charge in [0.25, 0.3) is 0 Å². The van der Waals surface area contributed by atoms with Crippen molar-refractivity contribution in [3.63, 3.8) is 0 Å². The van der Waals surface area contributed by atoms with Crippen LogP contribution in [0.1, 0.15) is 0 Å². The van der Waals surface area contributed by atoms with Crippen LogP contribution in [0.5, 0.6) is 0 Å². The molecule has 0 aromatic rings. The van der Waals surface area contributed by atoms with Gasteiger partial charge in [0.1, 0.15) is 0 Å². The van der Waals surface area contributed by atoms with Gasteiger partial charge in [0.2, 0.25) is 0 Å². The molecule has 0 heterocycles. The molecule has 0 aliphatic carbocycles. The number of rotatable bonds is 0. The zero-order chi connectivity index (χ0) is 2.00. The van der Waals surface area contributed by atoms with E-state index in [1.165, 1.54) is 0 Å². The molecule has 0 rings (SSSR count). The van der Waals surface area contributed by atoms with E-state index in [2.05, 4.69) is 15.7 Å². The van der Waals surface area contributed by atoms with E-state index in [4.69, 9.17) is 3.87 Å². The van der Waals surface area contributed by atoms with Gasteiger partial charge in [-0.2, -0.15) is 0 Å². The van der Waals surface area contributed by atoms with Crippen molar-refractivity contribution in [2.75, 3.05) is 0 Å². The predicted molar refractivity (Wildman–Crippen MR) is 2.75 cm³/mol. The van der Waals surface area contributed by atoms with E-state index in [0.29, 0.717) is 0 Å². The molecule has 8 heteroatoms. The molecule has 0 spiro atoms. The molecule has 0 N–H and O–H groups in total. The Morgan fingerprint density at radius 3 is 0.750 bits per heavy atom. The molecular weight excluding hydrogens is 292 g/mol. The van der Waals surface area contributed by atoms with Crippen molar-refractivity contribution >= 4 is 0 Å². The number of hydrogen-bond acceptors (Lipinski definition) is 1. The summed E-state index contributed by atoms with van der Waals surface area (Å²) in [6.45, 7) is 0. The zero-order valence-electron chi connectivity index (χ0n) is 3.06. The second kappa shape index (κ2) is 174. The van der Waals surface area contributed by atoms with Gasteiger partial charge >= 0.3 is 70.4 Å². The van der Waals surface area contributed by atoms with Crippen molar-refractivity contribution in [1.82, 2.24) is 0 Å². The summed E-state index contributed by atoms with van der Waals surface area (Å²) >= 11 is 2.31. The summed E-state index contributed by atoms with van der Waals surface area (Å²) < 4.78 is 7.94. The first-order chi connectivity index (χ1) is 1.00. The van der Waals surface area contributed by atoms with Gasteiger partial charge in [-0.1, -0.05) is 0 Å². The SMILES string of the molecule is [Co+2].[Mn+2].[Mn+2].[O-2].[O-2].[O-2].[O]=[Co]. The quantitative estimate of drug-likeness (QED) is 0.553. The van der Waals surface area contributed by atoms with Crippen molar-refractivity contribution in [1.29, 1.82) is 0 Å². The third-order valence-corrected chi connectivity index (χ3v) is 0. The number of hydrogen-bond donors (Lipinski definition) is 0. The minimum absolute atomic E-state index is 0. The molecule has 0 aromatic heterocycles. The molecule has 0 amide bonds. The molecule has 8 heavy (non-hydrogen) atoms. The summed E-state index contributed by atoms with van der Waals surface area (Å²) in [7, 11) is 0. The van der Waals surface area contributed by atoms with E-state index in [1.807, 2.05) is 0 Å². The van der Waals surface area contributed by atoms with Gasteiger partial charge in [-0.3, -0.25) is 0 Å². The van der Waals surface area contributed by atoms with Gasteiger partial charge in [-0.15, -0.1) is 0 Å². The first-order valence-electron chi connectivity index (χ1n) is 0.136. The van der Waals surface area contributed by atoms with Crippen LogP contribution in [-0.4, -0.2) is 0 Å². The van der Waals surface area contributed by atoms with Crippen LogP contribution in [0.4, 0.5) is 0 Å². The fourth-order valence-corrected chi connectivity index (χ4v) is 0. The molecule has 0 atom stereocenters. The second-order valence-electron chi connectivity index (χ2n) is 0. The third kappa shape index (κ3) is 117. The first kappa shape index (κ1) is 99.4. The molecule has 0 aliphatic heterocycles. The molecule has 0 unspecified atom stereocenters. The molecule has 0 aromatic carbocycles. The summed E-state index contributed by atoms with van der Waals surface area (Å²) in [4.78, 5) is 0. The Hall–Kier alpha value is 1.73. The molecule has 0 saturated carbocycles. The van der Waals surface area contributed by atoms with Crippen LogP contribution in [0.15, 0.2) is 0 Å². The Kier molecular flexibility index (Phi) is 2160. The Balaban J connectivity index is -0.000000000333. The maximum atomic E-state index is 7.94. The van der Waals surface area contributed by atoms with E-state index >= 15 is 0 Å². The van der Waals surface area contributed by atoms with Gasteiger partial charge in [-0.25, -0.2) is 0 Å². The van der Waals surface area contributed by atoms with Gasteiger partial charge < -0.3 is 16.4 Å². The predicted octanol–water partition coefficient (Wildman–Crippen LogP) is -0.485. The van der Waals surface area contributed by atoms with E-state index in [0.717, 1.165) is 0 Å². The Bertz CT molecular complexity index is 12.0. The van der Waals surface area contributed by atoms with E-state index in [-0.39, 0.29) is 67.3 Å². The second-order valence-corrected chi connectivity index (χ2v) is 0. The summed E-state index contributed by atoms with van der Waals surface area (Å²) in [5, 5.41) is 0. The van der Waals surface area contributed by atoms with Gasteiger partial charge in [0.15, 0.2) is 0 Å². The molecule has 4 nitrogen and oxygen atoms in total. The normalized spacial score (nSPS) is 0.625.